The second kappa shape index (κ2) is 10.6. The molecule has 34 heavy (non-hydrogen) atoms. The molecule has 3 rings (SSSR count). The number of aromatic nitrogens is 2. The molecule has 5 nitrogen and oxygen atoms in total. The number of benzene rings is 1. The van der Waals surface area contributed by atoms with Gasteiger partial charge < -0.3 is 10.4 Å². The van der Waals surface area contributed by atoms with E-state index >= 15 is 0 Å². The first-order chi connectivity index (χ1) is 15.9. The number of carbonyl (C=O) groups excluding carboxylic acids is 1. The Kier molecular flexibility index (Phi) is 8.29. The number of hydrogen-bond donors (Lipinski definition) is 2. The van der Waals surface area contributed by atoms with Gasteiger partial charge in [0.2, 0.25) is 0 Å². The molecule has 1 heterocycles. The summed E-state index contributed by atoms with van der Waals surface area (Å²) in [5.74, 6) is -0.325. The van der Waals surface area contributed by atoms with E-state index in [1.807, 2.05) is 0 Å². The van der Waals surface area contributed by atoms with E-state index in [-0.39, 0.29) is 35.9 Å². The van der Waals surface area contributed by atoms with Crippen molar-refractivity contribution in [2.24, 2.45) is 5.92 Å². The molecule has 2 aromatic rings. The lowest BCUT2D eigenvalue weighted by atomic mass is 9.79. The third-order valence-electron chi connectivity index (χ3n) is 6.38. The standard InChI is InChI=1S/C24H30ClF4N3O2/c1-3-19-31-20(22(33)30-14-23(34)11-8-15(2)9-12-23)21(25)32(19)18-7-6-16(13-17(18)26)5-4-10-24(27,28)29/h6-7,13,15,34H,3-5,8-12,14H2,1-2H3,(H,30,33). The molecule has 0 aliphatic heterocycles. The van der Waals surface area contributed by atoms with Gasteiger partial charge in [-0.2, -0.15) is 13.2 Å². The van der Waals surface area contributed by atoms with Crippen LogP contribution in [0.1, 0.15) is 74.2 Å². The molecule has 0 bridgehead atoms. The summed E-state index contributed by atoms with van der Waals surface area (Å²) in [7, 11) is 0. The number of aliphatic hydroxyl groups is 1. The molecule has 1 aliphatic carbocycles. The molecule has 0 unspecified atom stereocenters. The van der Waals surface area contributed by atoms with Gasteiger partial charge in [-0.25, -0.2) is 9.37 Å². The SMILES string of the molecule is CCc1nc(C(=O)NCC2(O)CCC(C)CC2)c(Cl)n1-c1ccc(CCCC(F)(F)F)cc1F. The van der Waals surface area contributed by atoms with Crippen LogP contribution in [0.25, 0.3) is 5.69 Å². The van der Waals surface area contributed by atoms with Crippen LogP contribution >= 0.6 is 11.6 Å². The van der Waals surface area contributed by atoms with Gasteiger partial charge >= 0.3 is 6.18 Å². The average Bonchev–Trinajstić information content (AvgIpc) is 3.10. The molecule has 1 aliphatic rings. The molecule has 188 valence electrons. The van der Waals surface area contributed by atoms with E-state index in [1.54, 1.807) is 13.0 Å². The monoisotopic (exact) mass is 503 g/mol. The normalized spacial score (nSPS) is 21.0. The Bertz CT molecular complexity index is 1010. The minimum absolute atomic E-state index is 0.0628. The van der Waals surface area contributed by atoms with Crippen LogP contribution in [0.5, 0.6) is 0 Å². The van der Waals surface area contributed by atoms with Crippen LogP contribution in [0, 0.1) is 11.7 Å². The van der Waals surface area contributed by atoms with Crippen molar-refractivity contribution < 1.29 is 27.5 Å². The van der Waals surface area contributed by atoms with Crippen LogP contribution in [0.4, 0.5) is 17.6 Å². The molecule has 0 saturated heterocycles. The van der Waals surface area contributed by atoms with Crippen molar-refractivity contribution in [3.05, 3.63) is 46.3 Å². The molecule has 1 fully saturated rings. The molecule has 1 amide bonds. The summed E-state index contributed by atoms with van der Waals surface area (Å²) in [6.45, 7) is 3.99. The smallest absolute Gasteiger partial charge is 0.388 e. The number of nitrogens with zero attached hydrogens (tertiary/aromatic N) is 2. The Hall–Kier alpha value is -2.13. The van der Waals surface area contributed by atoms with E-state index in [0.717, 1.165) is 12.8 Å². The molecule has 1 saturated carbocycles. The van der Waals surface area contributed by atoms with Gasteiger partial charge in [0.15, 0.2) is 5.69 Å². The van der Waals surface area contributed by atoms with Gasteiger partial charge in [-0.15, -0.1) is 0 Å². The zero-order chi connectivity index (χ0) is 25.1. The molecular weight excluding hydrogens is 474 g/mol. The first kappa shape index (κ1) is 26.5. The summed E-state index contributed by atoms with van der Waals surface area (Å²) in [5, 5.41) is 13.4. The van der Waals surface area contributed by atoms with E-state index < -0.39 is 29.9 Å². The fourth-order valence-corrected chi connectivity index (χ4v) is 4.57. The lowest BCUT2D eigenvalue weighted by Crippen LogP contribution is -2.45. The Morgan fingerprint density at radius 2 is 2.00 bits per heavy atom. The summed E-state index contributed by atoms with van der Waals surface area (Å²) in [6, 6.07) is 4.16. The number of amides is 1. The maximum absolute atomic E-state index is 14.9. The highest BCUT2D eigenvalue weighted by Crippen LogP contribution is 2.32. The number of nitrogens with one attached hydrogen (secondary N) is 1. The van der Waals surface area contributed by atoms with Gasteiger partial charge in [0, 0.05) is 19.4 Å². The second-order valence-corrected chi connectivity index (χ2v) is 9.56. The van der Waals surface area contributed by atoms with E-state index in [9.17, 15) is 27.5 Å². The van der Waals surface area contributed by atoms with E-state index in [0.29, 0.717) is 36.6 Å². The van der Waals surface area contributed by atoms with E-state index in [1.165, 1.54) is 16.7 Å². The Balaban J connectivity index is 1.76. The lowest BCUT2D eigenvalue weighted by Gasteiger charge is -2.34. The van der Waals surface area contributed by atoms with Gasteiger partial charge in [-0.1, -0.05) is 31.5 Å². The van der Waals surface area contributed by atoms with Crippen molar-refractivity contribution in [2.45, 2.75) is 77.0 Å². The van der Waals surface area contributed by atoms with Crippen molar-refractivity contribution in [1.82, 2.24) is 14.9 Å². The highest BCUT2D eigenvalue weighted by Gasteiger charge is 2.33. The topological polar surface area (TPSA) is 67.2 Å². The van der Waals surface area contributed by atoms with Crippen LogP contribution in [0.3, 0.4) is 0 Å². The third kappa shape index (κ3) is 6.50. The molecule has 1 aromatic heterocycles. The molecule has 10 heteroatoms. The van der Waals surface area contributed by atoms with Crippen molar-refractivity contribution in [3.8, 4) is 5.69 Å². The fourth-order valence-electron chi connectivity index (χ4n) is 4.26. The van der Waals surface area contributed by atoms with Crippen molar-refractivity contribution in [2.75, 3.05) is 6.54 Å². The first-order valence-corrected chi connectivity index (χ1v) is 11.9. The average molecular weight is 504 g/mol. The van der Waals surface area contributed by atoms with Crippen LogP contribution in [-0.2, 0) is 12.8 Å². The van der Waals surface area contributed by atoms with Crippen LogP contribution in [0.15, 0.2) is 18.2 Å². The minimum Gasteiger partial charge on any atom is -0.388 e. The quantitative estimate of drug-likeness (QED) is 0.448. The number of hydrogen-bond acceptors (Lipinski definition) is 3. The van der Waals surface area contributed by atoms with Crippen molar-refractivity contribution in [3.63, 3.8) is 0 Å². The molecule has 1 aromatic carbocycles. The number of aryl methyl sites for hydroxylation is 2. The largest absolute Gasteiger partial charge is 0.389 e. The van der Waals surface area contributed by atoms with Crippen molar-refractivity contribution in [1.29, 1.82) is 0 Å². The van der Waals surface area contributed by atoms with Gasteiger partial charge in [0.25, 0.3) is 5.91 Å². The number of carbonyl (C=O) groups is 1. The second-order valence-electron chi connectivity index (χ2n) is 9.20. The minimum atomic E-state index is -4.25. The highest BCUT2D eigenvalue weighted by atomic mass is 35.5. The zero-order valence-corrected chi connectivity index (χ0v) is 20.1. The maximum atomic E-state index is 14.9. The first-order valence-electron chi connectivity index (χ1n) is 11.6. The number of halogens is 5. The highest BCUT2D eigenvalue weighted by molar-refractivity contribution is 6.32. The zero-order valence-electron chi connectivity index (χ0n) is 19.3. The van der Waals surface area contributed by atoms with Gasteiger partial charge in [-0.3, -0.25) is 9.36 Å². The third-order valence-corrected chi connectivity index (χ3v) is 6.73. The molecule has 0 radical (unpaired) electrons. The van der Waals surface area contributed by atoms with Crippen molar-refractivity contribution >= 4 is 17.5 Å². The Morgan fingerprint density at radius 1 is 1.32 bits per heavy atom. The molecule has 2 N–H and O–H groups in total. The van der Waals surface area contributed by atoms with E-state index in [2.05, 4.69) is 17.2 Å². The summed E-state index contributed by atoms with van der Waals surface area (Å²) < 4.78 is 53.4. The Labute approximate surface area is 201 Å². The summed E-state index contributed by atoms with van der Waals surface area (Å²) >= 11 is 6.44. The summed E-state index contributed by atoms with van der Waals surface area (Å²) in [5.41, 5.74) is -0.542. The van der Waals surface area contributed by atoms with Gasteiger partial charge in [0.05, 0.1) is 11.3 Å². The predicted molar refractivity (Wildman–Crippen MR) is 122 cm³/mol. The predicted octanol–water partition coefficient (Wildman–Crippen LogP) is 5.78. The summed E-state index contributed by atoms with van der Waals surface area (Å²) in [4.78, 5) is 17.1. The molecule has 0 spiro atoms. The van der Waals surface area contributed by atoms with Crippen LogP contribution in [0.2, 0.25) is 5.15 Å². The maximum Gasteiger partial charge on any atom is 0.389 e. The number of rotatable bonds is 8. The van der Waals surface area contributed by atoms with Gasteiger partial charge in [0.1, 0.15) is 16.8 Å². The lowest BCUT2D eigenvalue weighted by molar-refractivity contribution is -0.135. The Morgan fingerprint density at radius 3 is 2.59 bits per heavy atom. The molecular formula is C24H30ClF4N3O2. The van der Waals surface area contributed by atoms with Crippen LogP contribution < -0.4 is 5.32 Å². The summed E-state index contributed by atoms with van der Waals surface area (Å²) in [6.07, 6.45) is -1.91. The number of alkyl halides is 3. The van der Waals surface area contributed by atoms with Crippen LogP contribution in [-0.4, -0.2) is 38.9 Å². The fraction of sp³-hybridized carbons (Fsp3) is 0.583. The number of imidazole rings is 1. The molecule has 0 atom stereocenters. The van der Waals surface area contributed by atoms with Gasteiger partial charge in [-0.05, 0) is 62.1 Å². The van der Waals surface area contributed by atoms with E-state index in [4.69, 9.17) is 11.6 Å².